The number of carbonyl (C=O) groups excluding carboxylic acids is 1. The van der Waals surface area contributed by atoms with Gasteiger partial charge in [-0.3, -0.25) is 9.79 Å². The van der Waals surface area contributed by atoms with Crippen molar-refractivity contribution in [2.75, 3.05) is 0 Å². The molecule has 1 aromatic carbocycles. The molecule has 1 aromatic rings. The first-order valence-electron chi connectivity index (χ1n) is 4.32. The van der Waals surface area contributed by atoms with Gasteiger partial charge in [0.15, 0.2) is 0 Å². The van der Waals surface area contributed by atoms with Gasteiger partial charge in [-0.25, -0.2) is 4.99 Å². The van der Waals surface area contributed by atoms with E-state index in [0.717, 1.165) is 16.1 Å². The molecule has 3 heteroatoms. The summed E-state index contributed by atoms with van der Waals surface area (Å²) in [6.07, 6.45) is 6.95. The number of fused-ring (bicyclic) bond motifs is 3. The molecule has 0 N–H and O–H groups in total. The number of benzene rings is 1. The Kier molecular flexibility index (Phi) is 1.31. The first-order valence-corrected chi connectivity index (χ1v) is 4.32. The van der Waals surface area contributed by atoms with E-state index in [0.29, 0.717) is 5.56 Å². The van der Waals surface area contributed by atoms with Gasteiger partial charge in [0.2, 0.25) is 0 Å². The zero-order valence-electron chi connectivity index (χ0n) is 7.27. The highest BCUT2D eigenvalue weighted by molar-refractivity contribution is 6.13. The second-order valence-electron chi connectivity index (χ2n) is 3.16. The average molecular weight is 182 g/mol. The van der Waals surface area contributed by atoms with Gasteiger partial charge >= 0.3 is 0 Å². The molecular formula is C11H6N2O. The summed E-state index contributed by atoms with van der Waals surface area (Å²) in [7, 11) is 0. The molecule has 0 saturated heterocycles. The third kappa shape index (κ3) is 0.836. The van der Waals surface area contributed by atoms with Gasteiger partial charge in [-0.2, -0.15) is 0 Å². The summed E-state index contributed by atoms with van der Waals surface area (Å²) >= 11 is 0. The smallest absolute Gasteiger partial charge is 0.267 e. The van der Waals surface area contributed by atoms with Crippen LogP contribution in [0.2, 0.25) is 0 Å². The lowest BCUT2D eigenvalue weighted by atomic mass is 10.1. The van der Waals surface area contributed by atoms with E-state index in [4.69, 9.17) is 0 Å². The molecule has 2 aliphatic heterocycles. The predicted octanol–water partition coefficient (Wildman–Crippen LogP) is 0.188. The minimum atomic E-state index is -0.202. The monoisotopic (exact) mass is 182 g/mol. The summed E-state index contributed by atoms with van der Waals surface area (Å²) in [4.78, 5) is 19.4. The average Bonchev–Trinajstić information content (AvgIpc) is 2.65. The Labute approximate surface area is 79.8 Å². The molecule has 0 saturated carbocycles. The van der Waals surface area contributed by atoms with Gasteiger partial charge in [0.1, 0.15) is 0 Å². The lowest BCUT2D eigenvalue weighted by molar-refractivity contribution is 0.100. The summed E-state index contributed by atoms with van der Waals surface area (Å²) in [5.74, 6) is -0.202. The van der Waals surface area contributed by atoms with E-state index in [1.165, 1.54) is 6.21 Å². The van der Waals surface area contributed by atoms with Crippen LogP contribution in [-0.4, -0.2) is 18.3 Å². The molecule has 0 unspecified atom stereocenters. The molecular weight excluding hydrogens is 176 g/mol. The summed E-state index contributed by atoms with van der Waals surface area (Å²) in [6.45, 7) is 0. The topological polar surface area (TPSA) is 41.8 Å². The van der Waals surface area contributed by atoms with E-state index >= 15 is 0 Å². The van der Waals surface area contributed by atoms with Crippen LogP contribution in [0.4, 0.5) is 5.69 Å². The van der Waals surface area contributed by atoms with Crippen molar-refractivity contribution in [3.8, 4) is 0 Å². The van der Waals surface area contributed by atoms with Crippen LogP contribution < -0.4 is 10.4 Å². The van der Waals surface area contributed by atoms with Gasteiger partial charge in [0.05, 0.1) is 11.3 Å². The first kappa shape index (κ1) is 7.38. The maximum Gasteiger partial charge on any atom is 0.279 e. The van der Waals surface area contributed by atoms with E-state index in [1.807, 2.05) is 24.3 Å². The van der Waals surface area contributed by atoms with Gasteiger partial charge in [-0.05, 0) is 17.4 Å². The molecule has 66 valence electrons. The largest absolute Gasteiger partial charge is 0.279 e. The van der Waals surface area contributed by atoms with E-state index in [1.54, 1.807) is 6.21 Å². The van der Waals surface area contributed by atoms with Crippen LogP contribution in [0.5, 0.6) is 0 Å². The fraction of sp³-hybridized carbons (Fsp3) is 0. The molecule has 0 spiro atoms. The Hall–Kier alpha value is -2.03. The van der Waals surface area contributed by atoms with Crippen molar-refractivity contribution in [3.05, 3.63) is 28.1 Å². The zero-order chi connectivity index (χ0) is 9.54. The van der Waals surface area contributed by atoms with Crippen molar-refractivity contribution < 1.29 is 4.79 Å². The van der Waals surface area contributed by atoms with Gasteiger partial charge in [0.25, 0.3) is 5.91 Å². The lowest BCUT2D eigenvalue weighted by Gasteiger charge is -2.04. The van der Waals surface area contributed by atoms with E-state index in [9.17, 15) is 4.79 Å². The highest BCUT2D eigenvalue weighted by Gasteiger charge is 2.15. The van der Waals surface area contributed by atoms with Crippen LogP contribution in [-0.2, 0) is 0 Å². The minimum absolute atomic E-state index is 0.202. The third-order valence-electron chi connectivity index (χ3n) is 2.36. The Morgan fingerprint density at radius 3 is 2.57 bits per heavy atom. The Balaban J connectivity index is 2.52. The van der Waals surface area contributed by atoms with Crippen molar-refractivity contribution in [1.29, 1.82) is 0 Å². The number of nitrogens with zero attached hydrogens (tertiary/aromatic N) is 2. The minimum Gasteiger partial charge on any atom is -0.267 e. The summed E-state index contributed by atoms with van der Waals surface area (Å²) in [5, 5.41) is 1.89. The lowest BCUT2D eigenvalue weighted by Crippen LogP contribution is -2.21. The maximum atomic E-state index is 11.5. The van der Waals surface area contributed by atoms with Crippen molar-refractivity contribution >= 4 is 36.2 Å². The molecule has 0 bridgehead atoms. The first-order chi connectivity index (χ1) is 6.86. The molecule has 0 aromatic heterocycles. The normalized spacial score (nSPS) is 15.9. The van der Waals surface area contributed by atoms with Gasteiger partial charge in [0, 0.05) is 17.6 Å². The number of hydrogen-bond acceptors (Lipinski definition) is 2. The molecule has 14 heavy (non-hydrogen) atoms. The second-order valence-corrected chi connectivity index (χ2v) is 3.16. The molecule has 2 aliphatic rings. The summed E-state index contributed by atoms with van der Waals surface area (Å²) < 4.78 is 0. The quantitative estimate of drug-likeness (QED) is 0.564. The highest BCUT2D eigenvalue weighted by atomic mass is 16.1. The molecule has 0 aliphatic carbocycles. The zero-order valence-corrected chi connectivity index (χ0v) is 7.27. The van der Waals surface area contributed by atoms with Crippen molar-refractivity contribution in [2.24, 2.45) is 9.98 Å². The number of rotatable bonds is 0. The fourth-order valence-electron chi connectivity index (χ4n) is 1.70. The second kappa shape index (κ2) is 2.48. The van der Waals surface area contributed by atoms with Crippen LogP contribution in [0.25, 0.3) is 12.2 Å². The predicted molar refractivity (Wildman–Crippen MR) is 55.6 cm³/mol. The number of amides is 1. The summed E-state index contributed by atoms with van der Waals surface area (Å²) in [6, 6.07) is 3.88. The SMILES string of the molecule is O=C1N=CC=c2ccc3c(c21)N=CC=3. The van der Waals surface area contributed by atoms with Crippen molar-refractivity contribution in [2.45, 2.75) is 0 Å². The Bertz CT molecular complexity index is 609. The van der Waals surface area contributed by atoms with Crippen molar-refractivity contribution in [3.63, 3.8) is 0 Å². The standard InChI is InChI=1S/C11H6N2O/c14-11-9-7(3-6-13-11)1-2-8-4-5-12-10(8)9/h1-6H. The van der Waals surface area contributed by atoms with Crippen LogP contribution in [0, 0.1) is 0 Å². The number of aliphatic imine (C=N–C) groups is 2. The molecule has 3 rings (SSSR count). The van der Waals surface area contributed by atoms with Crippen LogP contribution in [0.15, 0.2) is 22.1 Å². The molecule has 3 nitrogen and oxygen atoms in total. The molecule has 0 atom stereocenters. The Morgan fingerprint density at radius 1 is 0.929 bits per heavy atom. The van der Waals surface area contributed by atoms with Crippen molar-refractivity contribution in [1.82, 2.24) is 0 Å². The van der Waals surface area contributed by atoms with Crippen LogP contribution in [0.1, 0.15) is 10.4 Å². The molecule has 0 fully saturated rings. The fourth-order valence-corrected chi connectivity index (χ4v) is 1.70. The van der Waals surface area contributed by atoms with Gasteiger partial charge in [-0.1, -0.05) is 12.1 Å². The third-order valence-corrected chi connectivity index (χ3v) is 2.36. The highest BCUT2D eigenvalue weighted by Crippen LogP contribution is 2.14. The Morgan fingerprint density at radius 2 is 1.64 bits per heavy atom. The summed E-state index contributed by atoms with van der Waals surface area (Å²) in [5.41, 5.74) is 1.37. The van der Waals surface area contributed by atoms with Gasteiger partial charge in [-0.15, -0.1) is 0 Å². The van der Waals surface area contributed by atoms with E-state index in [2.05, 4.69) is 9.98 Å². The number of hydrogen-bond donors (Lipinski definition) is 0. The number of carbonyl (C=O) groups is 1. The molecule has 0 radical (unpaired) electrons. The van der Waals surface area contributed by atoms with Gasteiger partial charge < -0.3 is 0 Å². The van der Waals surface area contributed by atoms with Crippen LogP contribution in [0.3, 0.4) is 0 Å². The van der Waals surface area contributed by atoms with E-state index < -0.39 is 0 Å². The maximum absolute atomic E-state index is 11.5. The van der Waals surface area contributed by atoms with E-state index in [-0.39, 0.29) is 5.91 Å². The van der Waals surface area contributed by atoms with Crippen LogP contribution >= 0.6 is 0 Å². The molecule has 1 amide bonds. The molecule has 2 heterocycles.